The molecule has 0 unspecified atom stereocenters. The predicted octanol–water partition coefficient (Wildman–Crippen LogP) is 6.75. The van der Waals surface area contributed by atoms with E-state index in [9.17, 15) is 14.7 Å². The number of aromatic nitrogens is 2. The van der Waals surface area contributed by atoms with Crippen LogP contribution in [0.25, 0.3) is 10.6 Å². The van der Waals surface area contributed by atoms with E-state index >= 15 is 0 Å². The average molecular weight is 649 g/mol. The Morgan fingerprint density at radius 1 is 0.952 bits per heavy atom. The molecule has 42 heavy (non-hydrogen) atoms. The molecule has 1 saturated carbocycles. The zero-order valence-electron chi connectivity index (χ0n) is 23.4. The topological polar surface area (TPSA) is 89.9 Å². The highest BCUT2D eigenvalue weighted by molar-refractivity contribution is 7.18. The molecule has 2 aliphatic heterocycles. The number of hydrogen-bond acceptors (Lipinski definition) is 9. The van der Waals surface area contributed by atoms with Gasteiger partial charge in [-0.25, -0.2) is 9.97 Å². The second-order valence-corrected chi connectivity index (χ2v) is 14.3. The Morgan fingerprint density at radius 2 is 1.69 bits per heavy atom. The van der Waals surface area contributed by atoms with E-state index in [1.165, 1.54) is 32.1 Å². The lowest BCUT2D eigenvalue weighted by Crippen LogP contribution is -2.50. The summed E-state index contributed by atoms with van der Waals surface area (Å²) in [6.45, 7) is 5.14. The Labute approximate surface area is 264 Å². The highest BCUT2D eigenvalue weighted by Gasteiger charge is 2.29. The lowest BCUT2D eigenvalue weighted by atomic mass is 9.94. The number of carboxylic acid groups (broad SMARTS) is 1. The molecule has 3 aromatic rings. The van der Waals surface area contributed by atoms with Crippen molar-refractivity contribution in [2.45, 2.75) is 57.4 Å². The molecule has 0 bridgehead atoms. The van der Waals surface area contributed by atoms with Crippen LogP contribution >= 0.6 is 45.9 Å². The van der Waals surface area contributed by atoms with Gasteiger partial charge >= 0.3 is 5.97 Å². The highest BCUT2D eigenvalue weighted by atomic mass is 35.5. The molecule has 1 N–H and O–H groups in total. The lowest BCUT2D eigenvalue weighted by Gasteiger charge is -2.41. The third-order valence-electron chi connectivity index (χ3n) is 8.75. The number of carboxylic acids is 1. The Bertz CT molecular complexity index is 1420. The number of Topliss-reactive ketones (excluding diaryl/α,β-unsaturated/α-hetero) is 1. The van der Waals surface area contributed by atoms with E-state index in [4.69, 9.17) is 28.2 Å². The SMILES string of the molecule is O=C(Cc1nc(-c2cc(Cl)cs2)c(N2CCN(C3CCCCC3)CC2)s1)c1cnc(N2CCC(C(=O)O)CC2)c(Cl)c1. The largest absolute Gasteiger partial charge is 0.481 e. The van der Waals surface area contributed by atoms with E-state index in [0.717, 1.165) is 52.8 Å². The molecule has 0 spiro atoms. The van der Waals surface area contributed by atoms with Crippen LogP contribution in [0.5, 0.6) is 0 Å². The van der Waals surface area contributed by atoms with Crippen LogP contribution in [0, 0.1) is 5.92 Å². The van der Waals surface area contributed by atoms with Gasteiger partial charge in [0.15, 0.2) is 5.78 Å². The summed E-state index contributed by atoms with van der Waals surface area (Å²) in [7, 11) is 0. The number of pyridine rings is 1. The Hall–Kier alpha value is -2.24. The summed E-state index contributed by atoms with van der Waals surface area (Å²) in [5, 5.41) is 14.2. The van der Waals surface area contributed by atoms with Crippen LogP contribution in [0.2, 0.25) is 10.0 Å². The third kappa shape index (κ3) is 6.63. The highest BCUT2D eigenvalue weighted by Crippen LogP contribution is 2.41. The number of thiophene rings is 1. The number of ketones is 1. The molecule has 1 aliphatic carbocycles. The second kappa shape index (κ2) is 13.2. The van der Waals surface area contributed by atoms with Gasteiger partial charge in [0.05, 0.1) is 27.3 Å². The predicted molar refractivity (Wildman–Crippen MR) is 171 cm³/mol. The van der Waals surface area contributed by atoms with Crippen LogP contribution in [-0.2, 0) is 11.2 Å². The summed E-state index contributed by atoms with van der Waals surface area (Å²) in [6.07, 6.45) is 9.52. The zero-order chi connectivity index (χ0) is 29.2. The number of halogens is 2. The molecule has 0 radical (unpaired) electrons. The Morgan fingerprint density at radius 3 is 2.33 bits per heavy atom. The minimum atomic E-state index is -0.757. The Balaban J connectivity index is 1.16. The van der Waals surface area contributed by atoms with Crippen molar-refractivity contribution in [1.29, 1.82) is 0 Å². The first-order valence-electron chi connectivity index (χ1n) is 14.8. The van der Waals surface area contributed by atoms with Crippen LogP contribution in [-0.4, -0.2) is 77.0 Å². The van der Waals surface area contributed by atoms with E-state index in [1.807, 2.05) is 16.3 Å². The van der Waals surface area contributed by atoms with Gasteiger partial charge < -0.3 is 14.9 Å². The van der Waals surface area contributed by atoms with Gasteiger partial charge in [-0.05, 0) is 37.8 Å². The summed E-state index contributed by atoms with van der Waals surface area (Å²) < 4.78 is 0. The number of piperidine rings is 1. The van der Waals surface area contributed by atoms with Crippen molar-refractivity contribution < 1.29 is 14.7 Å². The molecular weight excluding hydrogens is 613 g/mol. The van der Waals surface area contributed by atoms with Crippen LogP contribution in [0.4, 0.5) is 10.8 Å². The Kier molecular flexibility index (Phi) is 9.35. The van der Waals surface area contributed by atoms with E-state index in [-0.39, 0.29) is 18.1 Å². The van der Waals surface area contributed by atoms with Gasteiger partial charge in [-0.1, -0.05) is 42.5 Å². The first-order valence-corrected chi connectivity index (χ1v) is 17.2. The van der Waals surface area contributed by atoms with Gasteiger partial charge in [-0.15, -0.1) is 22.7 Å². The smallest absolute Gasteiger partial charge is 0.306 e. The molecule has 224 valence electrons. The summed E-state index contributed by atoms with van der Waals surface area (Å²) in [5.74, 6) is -0.580. The maximum atomic E-state index is 13.4. The summed E-state index contributed by atoms with van der Waals surface area (Å²) in [4.78, 5) is 42.2. The van der Waals surface area contributed by atoms with Gasteiger partial charge in [-0.3, -0.25) is 14.5 Å². The molecule has 12 heteroatoms. The molecule has 2 saturated heterocycles. The third-order valence-corrected chi connectivity index (χ3v) is 11.4. The van der Waals surface area contributed by atoms with Crippen molar-refractivity contribution >= 4 is 68.4 Å². The van der Waals surface area contributed by atoms with Crippen molar-refractivity contribution in [3.8, 4) is 10.6 Å². The average Bonchev–Trinajstić information content (AvgIpc) is 3.63. The van der Waals surface area contributed by atoms with E-state index in [0.29, 0.717) is 47.4 Å². The maximum absolute atomic E-state index is 13.4. The number of nitrogens with zero attached hydrogens (tertiary/aromatic N) is 5. The fraction of sp³-hybridized carbons (Fsp3) is 0.533. The fourth-order valence-corrected chi connectivity index (χ4v) is 8.91. The lowest BCUT2D eigenvalue weighted by molar-refractivity contribution is -0.142. The van der Waals surface area contributed by atoms with Crippen LogP contribution in [0.1, 0.15) is 60.3 Å². The maximum Gasteiger partial charge on any atom is 0.306 e. The number of piperazine rings is 1. The molecule has 8 nitrogen and oxygen atoms in total. The molecule has 0 atom stereocenters. The van der Waals surface area contributed by atoms with E-state index < -0.39 is 5.97 Å². The van der Waals surface area contributed by atoms with Crippen LogP contribution < -0.4 is 9.80 Å². The molecular formula is C30H35Cl2N5O3S2. The van der Waals surface area contributed by atoms with E-state index in [1.54, 1.807) is 34.9 Å². The molecule has 0 amide bonds. The number of aliphatic carboxylic acids is 1. The zero-order valence-corrected chi connectivity index (χ0v) is 26.6. The van der Waals surface area contributed by atoms with Gasteiger partial charge in [-0.2, -0.15) is 0 Å². The minimum absolute atomic E-state index is 0.0845. The monoisotopic (exact) mass is 647 g/mol. The number of carbonyl (C=O) groups is 2. The first kappa shape index (κ1) is 29.8. The van der Waals surface area contributed by atoms with Crippen molar-refractivity contribution in [3.05, 3.63) is 44.3 Å². The fourth-order valence-electron chi connectivity index (χ4n) is 6.37. The quantitative estimate of drug-likeness (QED) is 0.268. The number of thiazole rings is 1. The number of anilines is 2. The molecule has 3 fully saturated rings. The molecule has 6 rings (SSSR count). The van der Waals surface area contributed by atoms with Gasteiger partial charge in [0.1, 0.15) is 21.5 Å². The summed E-state index contributed by atoms with van der Waals surface area (Å²) in [5.41, 5.74) is 1.35. The normalized spacial score (nSPS) is 19.4. The first-order chi connectivity index (χ1) is 20.4. The van der Waals surface area contributed by atoms with Gasteiger partial charge in [0.2, 0.25) is 0 Å². The van der Waals surface area contributed by atoms with Crippen molar-refractivity contribution in [3.63, 3.8) is 0 Å². The van der Waals surface area contributed by atoms with Gasteiger partial charge in [0.25, 0.3) is 0 Å². The number of rotatable bonds is 8. The van der Waals surface area contributed by atoms with Crippen LogP contribution in [0.15, 0.2) is 23.7 Å². The summed E-state index contributed by atoms with van der Waals surface area (Å²) >= 11 is 16.0. The van der Waals surface area contributed by atoms with Crippen molar-refractivity contribution in [1.82, 2.24) is 14.9 Å². The number of hydrogen-bond donors (Lipinski definition) is 1. The van der Waals surface area contributed by atoms with Crippen LogP contribution in [0.3, 0.4) is 0 Å². The standard InChI is InChI=1S/C30H35Cl2N5O3S2/c31-21-15-25(41-18-21)27-29(37-12-10-35(11-13-37)22-4-2-1-3-5-22)42-26(34-27)16-24(38)20-14-23(32)28(33-17-20)36-8-6-19(7-9-36)30(39)40/h14-15,17-19,22H,1-13,16H2,(H,39,40). The molecule has 3 aromatic heterocycles. The molecule has 0 aromatic carbocycles. The van der Waals surface area contributed by atoms with E-state index in [2.05, 4.69) is 14.8 Å². The van der Waals surface area contributed by atoms with Crippen molar-refractivity contribution in [2.24, 2.45) is 5.92 Å². The summed E-state index contributed by atoms with van der Waals surface area (Å²) in [6, 6.07) is 4.35. The number of carbonyl (C=O) groups excluding carboxylic acids is 1. The second-order valence-electron chi connectivity index (χ2n) is 11.4. The molecule has 5 heterocycles. The minimum Gasteiger partial charge on any atom is -0.481 e. The molecule has 3 aliphatic rings. The van der Waals surface area contributed by atoms with Gasteiger partial charge in [0, 0.05) is 62.5 Å². The van der Waals surface area contributed by atoms with Crippen molar-refractivity contribution in [2.75, 3.05) is 49.1 Å².